The van der Waals surface area contributed by atoms with Crippen LogP contribution in [0.3, 0.4) is 0 Å². The first-order valence-electron chi connectivity index (χ1n) is 34.0. The predicted octanol–water partition coefficient (Wildman–Crippen LogP) is 17.1. The number of unbranched alkanes of at least 4 members (excludes halogenated alkanes) is 29. The highest BCUT2D eigenvalue weighted by Crippen LogP contribution is 2.26. The number of ether oxygens (including phenoxy) is 3. The Bertz CT molecular complexity index is 1720. The summed E-state index contributed by atoms with van der Waals surface area (Å²) in [6, 6.07) is -1.04. The van der Waals surface area contributed by atoms with E-state index in [1.54, 1.807) is 6.08 Å². The zero-order chi connectivity index (χ0) is 60.3. The molecule has 1 saturated heterocycles. The minimum Gasteiger partial charge on any atom is -0.454 e. The molecule has 1 aliphatic rings. The molecule has 6 N–H and O–H groups in total. The van der Waals surface area contributed by atoms with Crippen molar-refractivity contribution in [2.45, 2.75) is 333 Å². The van der Waals surface area contributed by atoms with E-state index in [9.17, 15) is 35.1 Å². The smallest absolute Gasteiger partial charge is 0.306 e. The zero-order valence-corrected chi connectivity index (χ0v) is 53.0. The van der Waals surface area contributed by atoms with Crippen molar-refractivity contribution < 1.29 is 49.3 Å². The fourth-order valence-corrected chi connectivity index (χ4v) is 10.1. The van der Waals surface area contributed by atoms with Crippen molar-refractivity contribution in [3.8, 4) is 0 Å². The SMILES string of the molecule is CCCCC/C=C\C/C=C\C/C=C\C/C=C\CCCCCCCCCCCC(=O)OC1C(OCC(NC(=O)C(O)CCCCC/C=C\C/C=C\C/C=C\CCCCC)C(O)/C=C/CCCCCCCCCCCCC)OC(CO)C(O)C1O. The molecule has 8 atom stereocenters. The van der Waals surface area contributed by atoms with E-state index in [1.807, 2.05) is 6.08 Å². The molecule has 0 aromatic rings. The van der Waals surface area contributed by atoms with Crippen molar-refractivity contribution in [3.05, 3.63) is 97.2 Å². The quantitative estimate of drug-likeness (QED) is 0.0195. The zero-order valence-electron chi connectivity index (χ0n) is 53.0. The van der Waals surface area contributed by atoms with Gasteiger partial charge in [-0.1, -0.05) is 266 Å². The highest BCUT2D eigenvalue weighted by Gasteiger charge is 2.47. The summed E-state index contributed by atoms with van der Waals surface area (Å²) in [5.41, 5.74) is 0. The van der Waals surface area contributed by atoms with Gasteiger partial charge in [-0.15, -0.1) is 0 Å². The van der Waals surface area contributed by atoms with E-state index >= 15 is 0 Å². The predicted molar refractivity (Wildman–Crippen MR) is 347 cm³/mol. The lowest BCUT2D eigenvalue weighted by Crippen LogP contribution is -2.61. The molecule has 0 aliphatic carbocycles. The third-order valence-corrected chi connectivity index (χ3v) is 15.5. The van der Waals surface area contributed by atoms with Crippen molar-refractivity contribution in [2.75, 3.05) is 13.2 Å². The molecule has 11 nitrogen and oxygen atoms in total. The molecule has 0 spiro atoms. The number of carbonyl (C=O) groups excluding carboxylic acids is 2. The van der Waals surface area contributed by atoms with Gasteiger partial charge in [0.1, 0.15) is 24.4 Å². The van der Waals surface area contributed by atoms with E-state index in [1.165, 1.54) is 128 Å². The molecule has 11 heteroatoms. The first-order chi connectivity index (χ1) is 40.7. The van der Waals surface area contributed by atoms with Gasteiger partial charge in [0.2, 0.25) is 5.91 Å². The molecular formula is C72H125NO10. The second kappa shape index (κ2) is 58.9. The van der Waals surface area contributed by atoms with Crippen molar-refractivity contribution in [1.29, 1.82) is 0 Å². The van der Waals surface area contributed by atoms with E-state index in [4.69, 9.17) is 14.2 Å². The molecule has 0 radical (unpaired) electrons. The van der Waals surface area contributed by atoms with Gasteiger partial charge in [-0.2, -0.15) is 0 Å². The fraction of sp³-hybridized carbons (Fsp3) is 0.750. The Balaban J connectivity index is 2.63. The lowest BCUT2D eigenvalue weighted by molar-refractivity contribution is -0.305. The Morgan fingerprint density at radius 2 is 0.831 bits per heavy atom. The normalized spacial score (nSPS) is 19.2. The van der Waals surface area contributed by atoms with Gasteiger partial charge in [0.25, 0.3) is 0 Å². The van der Waals surface area contributed by atoms with E-state index in [-0.39, 0.29) is 19.4 Å². The molecule has 8 unspecified atom stereocenters. The fourth-order valence-electron chi connectivity index (χ4n) is 10.1. The number of aliphatic hydroxyl groups is 5. The molecule has 0 aromatic heterocycles. The van der Waals surface area contributed by atoms with Crippen molar-refractivity contribution in [2.24, 2.45) is 0 Å². The Labute approximate surface area is 507 Å². The standard InChI is InChI=1S/C72H125NO10/c1-4-7-10-13-16-19-22-25-27-29-30-31-32-33-34-35-36-37-39-42-45-48-51-54-57-60-67(77)83-70-69(79)68(78)66(61-74)82-72(70)81-62-63(64(75)58-55-52-49-46-43-40-24-21-18-15-12-9-6-3)73-71(80)65(76)59-56-53-50-47-44-41-38-28-26-23-20-17-14-11-8-5-2/h16-17,19-20,25-28,30-31,33-34,41,44,55,58,63-66,68-70,72,74-76,78-79H,4-15,18,21-24,29,32,35-40,42-43,45-54,56-57,59-62H2,1-3H3,(H,73,80)/b19-16-,20-17-,27-25-,28-26-,31-30-,34-33-,44-41-,58-55+. The average Bonchev–Trinajstić information content (AvgIpc) is 3.58. The van der Waals surface area contributed by atoms with Crippen LogP contribution in [0, 0.1) is 0 Å². The molecule has 83 heavy (non-hydrogen) atoms. The minimum absolute atomic E-state index is 0.109. The maximum atomic E-state index is 13.4. The summed E-state index contributed by atoms with van der Waals surface area (Å²) < 4.78 is 17.7. The highest BCUT2D eigenvalue weighted by molar-refractivity contribution is 5.80. The van der Waals surface area contributed by atoms with Crippen molar-refractivity contribution >= 4 is 11.9 Å². The summed E-state index contributed by atoms with van der Waals surface area (Å²) in [4.78, 5) is 26.6. The van der Waals surface area contributed by atoms with Crippen LogP contribution in [-0.2, 0) is 23.8 Å². The molecule has 0 saturated carbocycles. The molecule has 0 aromatic carbocycles. The number of aliphatic hydroxyl groups excluding tert-OH is 5. The summed E-state index contributed by atoms with van der Waals surface area (Å²) >= 11 is 0. The van der Waals surface area contributed by atoms with Crippen LogP contribution in [-0.4, -0.2) is 99.6 Å². The summed E-state index contributed by atoms with van der Waals surface area (Å²) in [5, 5.41) is 57.1. The lowest BCUT2D eigenvalue weighted by atomic mass is 9.99. The Morgan fingerprint density at radius 3 is 1.27 bits per heavy atom. The lowest BCUT2D eigenvalue weighted by Gasteiger charge is -2.41. The molecule has 1 heterocycles. The second-order valence-corrected chi connectivity index (χ2v) is 23.2. The van der Waals surface area contributed by atoms with Gasteiger partial charge in [-0.3, -0.25) is 9.59 Å². The third-order valence-electron chi connectivity index (χ3n) is 15.5. The van der Waals surface area contributed by atoms with Gasteiger partial charge in [0, 0.05) is 6.42 Å². The van der Waals surface area contributed by atoms with Gasteiger partial charge in [-0.25, -0.2) is 0 Å². The van der Waals surface area contributed by atoms with Gasteiger partial charge < -0.3 is 45.1 Å². The maximum absolute atomic E-state index is 13.4. The van der Waals surface area contributed by atoms with Gasteiger partial charge in [0.15, 0.2) is 12.4 Å². The number of esters is 1. The number of amides is 1. The number of allylic oxidation sites excluding steroid dienone is 15. The first-order valence-corrected chi connectivity index (χ1v) is 34.0. The summed E-state index contributed by atoms with van der Waals surface area (Å²) in [5.74, 6) is -1.22. The average molecular weight is 1160 g/mol. The minimum atomic E-state index is -1.63. The Hall–Kier alpha value is -3.42. The van der Waals surface area contributed by atoms with E-state index in [0.717, 1.165) is 109 Å². The van der Waals surface area contributed by atoms with Gasteiger partial charge in [-0.05, 0) is 109 Å². The number of rotatable bonds is 57. The Kier molecular flexibility index (Phi) is 55.1. The van der Waals surface area contributed by atoms with Crippen LogP contribution in [0.4, 0.5) is 0 Å². The largest absolute Gasteiger partial charge is 0.454 e. The van der Waals surface area contributed by atoms with Crippen LogP contribution < -0.4 is 5.32 Å². The maximum Gasteiger partial charge on any atom is 0.306 e. The first kappa shape index (κ1) is 77.6. The molecule has 1 aliphatic heterocycles. The second-order valence-electron chi connectivity index (χ2n) is 23.2. The molecular weight excluding hydrogens is 1040 g/mol. The van der Waals surface area contributed by atoms with Crippen LogP contribution >= 0.6 is 0 Å². The van der Waals surface area contributed by atoms with Crippen molar-refractivity contribution in [1.82, 2.24) is 5.32 Å². The highest BCUT2D eigenvalue weighted by atomic mass is 16.7. The van der Waals surface area contributed by atoms with Crippen LogP contribution in [0.2, 0.25) is 0 Å². The third kappa shape index (κ3) is 46.5. The summed E-state index contributed by atoms with van der Waals surface area (Å²) in [6.45, 7) is 5.73. The Morgan fingerprint density at radius 1 is 0.470 bits per heavy atom. The number of hydrogen-bond donors (Lipinski definition) is 6. The van der Waals surface area contributed by atoms with E-state index < -0.39 is 67.4 Å². The summed E-state index contributed by atoms with van der Waals surface area (Å²) in [6.07, 6.45) is 68.6. The van der Waals surface area contributed by atoms with Crippen LogP contribution in [0.25, 0.3) is 0 Å². The van der Waals surface area contributed by atoms with Gasteiger partial charge >= 0.3 is 5.97 Å². The number of nitrogens with one attached hydrogen (secondary N) is 1. The topological polar surface area (TPSA) is 175 Å². The number of hydrogen-bond acceptors (Lipinski definition) is 10. The number of carbonyl (C=O) groups is 2. The molecule has 478 valence electrons. The van der Waals surface area contributed by atoms with Crippen LogP contribution in [0.5, 0.6) is 0 Å². The van der Waals surface area contributed by atoms with Crippen molar-refractivity contribution in [3.63, 3.8) is 0 Å². The van der Waals surface area contributed by atoms with E-state index in [2.05, 4.69) is 111 Å². The van der Waals surface area contributed by atoms with Crippen LogP contribution in [0.1, 0.15) is 284 Å². The van der Waals surface area contributed by atoms with E-state index in [0.29, 0.717) is 12.8 Å². The van der Waals surface area contributed by atoms with Gasteiger partial charge in [0.05, 0.1) is 25.4 Å². The van der Waals surface area contributed by atoms with Crippen LogP contribution in [0.15, 0.2) is 97.2 Å². The molecule has 1 rings (SSSR count). The molecule has 0 bridgehead atoms. The monoisotopic (exact) mass is 1160 g/mol. The molecule has 1 fully saturated rings. The summed E-state index contributed by atoms with van der Waals surface area (Å²) in [7, 11) is 0. The molecule has 1 amide bonds.